The van der Waals surface area contributed by atoms with Gasteiger partial charge in [-0.3, -0.25) is 0 Å². The second kappa shape index (κ2) is 6.07. The molecule has 114 valence electrons. The van der Waals surface area contributed by atoms with Gasteiger partial charge in [-0.25, -0.2) is 4.99 Å². The van der Waals surface area contributed by atoms with E-state index in [0.717, 1.165) is 35.8 Å². The normalized spacial score (nSPS) is 16.6. The van der Waals surface area contributed by atoms with E-state index in [4.69, 9.17) is 16.2 Å². The van der Waals surface area contributed by atoms with Crippen molar-refractivity contribution in [1.29, 1.82) is 0 Å². The van der Waals surface area contributed by atoms with Crippen LogP contribution in [0.5, 0.6) is 5.75 Å². The number of anilines is 1. The number of nitrogens with two attached hydrogens (primary N) is 2. The molecule has 1 aliphatic rings. The lowest BCUT2D eigenvalue weighted by molar-refractivity contribution is 0.281. The number of nitrogens with zero attached hydrogens (tertiary/aromatic N) is 1. The van der Waals surface area contributed by atoms with Gasteiger partial charge in [0.2, 0.25) is 0 Å². The summed E-state index contributed by atoms with van der Waals surface area (Å²) in [5.74, 6) is 1.29. The van der Waals surface area contributed by atoms with Crippen LogP contribution in [0.1, 0.15) is 18.1 Å². The quantitative estimate of drug-likeness (QED) is 0.756. The predicted molar refractivity (Wildman–Crippen MR) is 89.2 cm³/mol. The second-order valence-electron chi connectivity index (χ2n) is 5.44. The maximum atomic E-state index is 5.83. The van der Waals surface area contributed by atoms with Gasteiger partial charge in [0.1, 0.15) is 17.3 Å². The topological polar surface area (TPSA) is 85.7 Å². The number of rotatable bonds is 4. The Morgan fingerprint density at radius 3 is 2.50 bits per heavy atom. The highest BCUT2D eigenvalue weighted by Gasteiger charge is 2.17. The van der Waals surface area contributed by atoms with E-state index in [9.17, 15) is 0 Å². The van der Waals surface area contributed by atoms with Gasteiger partial charge < -0.3 is 21.5 Å². The molecule has 0 fully saturated rings. The third-order valence-corrected chi connectivity index (χ3v) is 3.63. The van der Waals surface area contributed by atoms with Crippen LogP contribution in [0.15, 0.2) is 47.5 Å². The number of hydrogen-bond donors (Lipinski definition) is 3. The van der Waals surface area contributed by atoms with Crippen molar-refractivity contribution in [3.8, 4) is 5.75 Å². The van der Waals surface area contributed by atoms with Gasteiger partial charge in [0.15, 0.2) is 6.10 Å². The summed E-state index contributed by atoms with van der Waals surface area (Å²) in [6.45, 7) is 3.43. The minimum absolute atomic E-state index is 0.165. The molecule has 1 aliphatic heterocycles. The zero-order valence-electron chi connectivity index (χ0n) is 12.5. The molecule has 1 unspecified atom stereocenters. The molecule has 22 heavy (non-hydrogen) atoms. The Labute approximate surface area is 130 Å². The van der Waals surface area contributed by atoms with Crippen molar-refractivity contribution in [1.82, 2.24) is 5.32 Å². The molecule has 2 aromatic carbocycles. The minimum Gasteiger partial charge on any atom is -0.481 e. The van der Waals surface area contributed by atoms with E-state index in [0.29, 0.717) is 5.84 Å². The van der Waals surface area contributed by atoms with Crippen LogP contribution >= 0.6 is 0 Å². The van der Waals surface area contributed by atoms with E-state index >= 15 is 0 Å². The van der Waals surface area contributed by atoms with Crippen LogP contribution in [0.3, 0.4) is 0 Å². The van der Waals surface area contributed by atoms with Crippen molar-refractivity contribution in [3.05, 3.63) is 53.6 Å². The number of nitrogen functional groups attached to an aromatic ring is 1. The van der Waals surface area contributed by atoms with Crippen molar-refractivity contribution in [2.45, 2.75) is 26.1 Å². The first-order valence-corrected chi connectivity index (χ1v) is 7.30. The van der Waals surface area contributed by atoms with Crippen molar-refractivity contribution >= 4 is 17.2 Å². The maximum Gasteiger partial charge on any atom is 0.153 e. The average Bonchev–Trinajstić information content (AvgIpc) is 2.51. The first-order chi connectivity index (χ1) is 10.6. The molecule has 0 saturated carbocycles. The molecular formula is C17H20N4O. The van der Waals surface area contributed by atoms with Crippen molar-refractivity contribution in [2.75, 3.05) is 5.73 Å². The van der Waals surface area contributed by atoms with E-state index in [1.807, 2.05) is 49.4 Å². The third-order valence-electron chi connectivity index (χ3n) is 3.63. The summed E-state index contributed by atoms with van der Waals surface area (Å²) in [4.78, 5) is 4.39. The third kappa shape index (κ3) is 3.20. The summed E-state index contributed by atoms with van der Waals surface area (Å²) in [6.07, 6.45) is -0.165. The molecule has 0 aliphatic carbocycles. The van der Waals surface area contributed by atoms with Crippen LogP contribution < -0.4 is 21.5 Å². The van der Waals surface area contributed by atoms with Gasteiger partial charge in [0.25, 0.3) is 0 Å². The van der Waals surface area contributed by atoms with Crippen molar-refractivity contribution < 1.29 is 4.74 Å². The van der Waals surface area contributed by atoms with Crippen molar-refractivity contribution in [2.24, 2.45) is 10.7 Å². The van der Waals surface area contributed by atoms with Crippen LogP contribution in [0.4, 0.5) is 11.4 Å². The molecule has 1 atom stereocenters. The minimum atomic E-state index is -0.165. The molecule has 5 nitrogen and oxygen atoms in total. The van der Waals surface area contributed by atoms with Crippen LogP contribution in [0.2, 0.25) is 0 Å². The fourth-order valence-corrected chi connectivity index (χ4v) is 2.33. The summed E-state index contributed by atoms with van der Waals surface area (Å²) in [6, 6.07) is 13.9. The Kier molecular flexibility index (Phi) is 3.98. The zero-order valence-corrected chi connectivity index (χ0v) is 12.5. The van der Waals surface area contributed by atoms with Crippen LogP contribution in [-0.2, 0) is 13.1 Å². The van der Waals surface area contributed by atoms with E-state index < -0.39 is 0 Å². The largest absolute Gasteiger partial charge is 0.481 e. The Morgan fingerprint density at radius 2 is 1.73 bits per heavy atom. The number of nitrogens with one attached hydrogen (secondary N) is 1. The summed E-state index contributed by atoms with van der Waals surface area (Å²) in [5, 5.41) is 3.40. The van der Waals surface area contributed by atoms with Gasteiger partial charge in [-0.1, -0.05) is 18.2 Å². The lowest BCUT2D eigenvalue weighted by atomic mass is 10.1. The van der Waals surface area contributed by atoms with Gasteiger partial charge in [0.05, 0.1) is 0 Å². The van der Waals surface area contributed by atoms with E-state index in [2.05, 4.69) is 10.3 Å². The van der Waals surface area contributed by atoms with Crippen LogP contribution in [0.25, 0.3) is 0 Å². The number of ether oxygens (including phenoxy) is 1. The van der Waals surface area contributed by atoms with E-state index in [-0.39, 0.29) is 6.10 Å². The van der Waals surface area contributed by atoms with Gasteiger partial charge in [-0.2, -0.15) is 0 Å². The molecule has 1 heterocycles. The second-order valence-corrected chi connectivity index (χ2v) is 5.44. The van der Waals surface area contributed by atoms with Gasteiger partial charge >= 0.3 is 0 Å². The summed E-state index contributed by atoms with van der Waals surface area (Å²) < 4.78 is 5.70. The molecule has 0 aromatic heterocycles. The molecule has 0 radical (unpaired) electrons. The lowest BCUT2D eigenvalue weighted by Gasteiger charge is -2.21. The predicted octanol–water partition coefficient (Wildman–Crippen LogP) is 2.33. The molecule has 0 amide bonds. The Hall–Kier alpha value is -2.53. The zero-order chi connectivity index (χ0) is 15.5. The summed E-state index contributed by atoms with van der Waals surface area (Å²) >= 11 is 0. The van der Waals surface area contributed by atoms with Gasteiger partial charge in [-0.15, -0.1) is 0 Å². The van der Waals surface area contributed by atoms with Gasteiger partial charge in [-0.05, 0) is 42.3 Å². The smallest absolute Gasteiger partial charge is 0.153 e. The molecular weight excluding hydrogens is 276 g/mol. The Bertz CT molecular complexity index is 694. The van der Waals surface area contributed by atoms with Crippen molar-refractivity contribution in [3.63, 3.8) is 0 Å². The number of amidine groups is 1. The monoisotopic (exact) mass is 296 g/mol. The number of aliphatic imine (C=N–C) groups is 1. The average molecular weight is 296 g/mol. The first-order valence-electron chi connectivity index (χ1n) is 7.30. The number of benzene rings is 2. The maximum absolute atomic E-state index is 5.83. The van der Waals surface area contributed by atoms with Gasteiger partial charge in [0, 0.05) is 18.8 Å². The molecule has 0 bridgehead atoms. The highest BCUT2D eigenvalue weighted by atomic mass is 16.5. The lowest BCUT2D eigenvalue weighted by Crippen LogP contribution is -2.33. The standard InChI is InChI=1S/C17H20N4O/c1-11-17(19)21-15-8-13(4-7-16(15)22-11)10-20-9-12-2-5-14(18)6-3-12/h2-8,11,20H,9-10,18H2,1H3,(H2,19,21). The van der Waals surface area contributed by atoms with Crippen LogP contribution in [0, 0.1) is 0 Å². The number of fused-ring (bicyclic) bond motifs is 1. The summed E-state index contributed by atoms with van der Waals surface area (Å²) in [5.41, 5.74) is 15.4. The molecule has 3 rings (SSSR count). The summed E-state index contributed by atoms with van der Waals surface area (Å²) in [7, 11) is 0. The van der Waals surface area contributed by atoms with E-state index in [1.54, 1.807) is 0 Å². The molecule has 5 N–H and O–H groups in total. The molecule has 2 aromatic rings. The SMILES string of the molecule is CC1Oc2ccc(CNCc3ccc(N)cc3)cc2N=C1N. The van der Waals surface area contributed by atoms with E-state index in [1.165, 1.54) is 5.56 Å². The Morgan fingerprint density at radius 1 is 1.05 bits per heavy atom. The van der Waals surface area contributed by atoms with Crippen LogP contribution in [-0.4, -0.2) is 11.9 Å². The fraction of sp³-hybridized carbons (Fsp3) is 0.235. The Balaban J connectivity index is 1.63. The molecule has 0 saturated heterocycles. The number of hydrogen-bond acceptors (Lipinski definition) is 5. The molecule has 5 heteroatoms. The first kappa shape index (κ1) is 14.4. The molecule has 0 spiro atoms. The highest BCUT2D eigenvalue weighted by Crippen LogP contribution is 2.32. The fourth-order valence-electron chi connectivity index (χ4n) is 2.33. The highest BCUT2D eigenvalue weighted by molar-refractivity contribution is 5.89.